The molecular formula is C18H22ClNO5. The van der Waals surface area contributed by atoms with Gasteiger partial charge in [-0.05, 0) is 45.4 Å². The van der Waals surface area contributed by atoms with Gasteiger partial charge in [-0.15, -0.1) is 11.6 Å². The Morgan fingerprint density at radius 2 is 2.04 bits per heavy atom. The Labute approximate surface area is 152 Å². The number of Topliss-reactive ketones (excluding diaryl/α,β-unsaturated/α-hetero) is 1. The fraction of sp³-hybridized carbons (Fsp3) is 0.500. The maximum atomic E-state index is 12.9. The number of nitrogens with zero attached hydrogens (tertiary/aromatic N) is 1. The van der Waals surface area contributed by atoms with Crippen LogP contribution >= 0.6 is 11.6 Å². The maximum absolute atomic E-state index is 12.9. The van der Waals surface area contributed by atoms with Crippen molar-refractivity contribution in [2.24, 2.45) is 0 Å². The van der Waals surface area contributed by atoms with Crippen molar-refractivity contribution in [3.05, 3.63) is 23.8 Å². The predicted molar refractivity (Wildman–Crippen MR) is 94.4 cm³/mol. The average molecular weight is 368 g/mol. The highest BCUT2D eigenvalue weighted by atomic mass is 35.5. The van der Waals surface area contributed by atoms with Crippen molar-refractivity contribution in [1.29, 1.82) is 0 Å². The van der Waals surface area contributed by atoms with Gasteiger partial charge in [0, 0.05) is 5.56 Å². The first-order valence-corrected chi connectivity index (χ1v) is 8.69. The number of anilines is 1. The molecule has 0 fully saturated rings. The number of ketones is 1. The Hall–Kier alpha value is -2.08. The number of hydrogen-bond donors (Lipinski definition) is 0. The zero-order chi connectivity index (χ0) is 18.8. The van der Waals surface area contributed by atoms with Gasteiger partial charge in [0.2, 0.25) is 0 Å². The molecule has 0 saturated carbocycles. The third kappa shape index (κ3) is 3.79. The molecule has 0 aromatic heterocycles. The highest BCUT2D eigenvalue weighted by Gasteiger charge is 2.44. The van der Waals surface area contributed by atoms with Crippen molar-refractivity contribution in [3.63, 3.8) is 0 Å². The number of rotatable bonds is 6. The number of esters is 1. The summed E-state index contributed by atoms with van der Waals surface area (Å²) in [4.78, 5) is 38.4. The molecule has 1 amide bonds. The lowest BCUT2D eigenvalue weighted by Crippen LogP contribution is -2.57. The van der Waals surface area contributed by atoms with E-state index in [4.69, 9.17) is 21.1 Å². The van der Waals surface area contributed by atoms with Gasteiger partial charge in [0.25, 0.3) is 5.91 Å². The molecule has 1 aromatic carbocycles. The van der Waals surface area contributed by atoms with Crippen LogP contribution in [-0.2, 0) is 14.3 Å². The first kappa shape index (κ1) is 19.2. The Morgan fingerprint density at radius 3 is 2.64 bits per heavy atom. The number of benzene rings is 1. The minimum Gasteiger partial charge on any atom is -0.476 e. The van der Waals surface area contributed by atoms with Gasteiger partial charge in [-0.3, -0.25) is 14.5 Å². The van der Waals surface area contributed by atoms with Gasteiger partial charge < -0.3 is 9.47 Å². The zero-order valence-corrected chi connectivity index (χ0v) is 15.6. The van der Waals surface area contributed by atoms with Crippen LogP contribution in [0.25, 0.3) is 0 Å². The summed E-state index contributed by atoms with van der Waals surface area (Å²) in [6, 6.07) is 3.88. The van der Waals surface area contributed by atoms with Crippen LogP contribution in [-0.4, -0.2) is 41.8 Å². The van der Waals surface area contributed by atoms with Crippen molar-refractivity contribution in [1.82, 2.24) is 0 Å². The van der Waals surface area contributed by atoms with Gasteiger partial charge in [0.15, 0.2) is 11.4 Å². The fourth-order valence-corrected chi connectivity index (χ4v) is 2.73. The number of alkyl halides is 1. The van der Waals surface area contributed by atoms with Gasteiger partial charge in [0.1, 0.15) is 11.8 Å². The van der Waals surface area contributed by atoms with Crippen LogP contribution in [0.15, 0.2) is 18.2 Å². The van der Waals surface area contributed by atoms with Crippen LogP contribution in [0.4, 0.5) is 5.69 Å². The molecule has 1 atom stereocenters. The number of halogens is 1. The van der Waals surface area contributed by atoms with E-state index in [-0.39, 0.29) is 24.2 Å². The molecule has 6 nitrogen and oxygen atoms in total. The molecule has 0 bridgehead atoms. The topological polar surface area (TPSA) is 72.9 Å². The highest BCUT2D eigenvalue weighted by molar-refractivity contribution is 6.30. The zero-order valence-electron chi connectivity index (χ0n) is 14.8. The van der Waals surface area contributed by atoms with Crippen LogP contribution < -0.4 is 9.64 Å². The Kier molecular flexibility index (Phi) is 5.72. The Bertz CT molecular complexity index is 701. The average Bonchev–Trinajstić information content (AvgIpc) is 2.59. The van der Waals surface area contributed by atoms with Crippen LogP contribution in [0, 0.1) is 0 Å². The monoisotopic (exact) mass is 367 g/mol. The molecule has 25 heavy (non-hydrogen) atoms. The normalized spacial score (nSPS) is 16.7. The van der Waals surface area contributed by atoms with Gasteiger partial charge in [-0.25, -0.2) is 4.79 Å². The van der Waals surface area contributed by atoms with Crippen LogP contribution in [0.3, 0.4) is 0 Å². The lowest BCUT2D eigenvalue weighted by molar-refractivity contribution is -0.147. The molecule has 0 saturated heterocycles. The number of ether oxygens (including phenoxy) is 2. The van der Waals surface area contributed by atoms with Crippen LogP contribution in [0.5, 0.6) is 5.75 Å². The molecule has 1 unspecified atom stereocenters. The van der Waals surface area contributed by atoms with Crippen molar-refractivity contribution in [2.75, 3.05) is 17.4 Å². The molecule has 7 heteroatoms. The minimum absolute atomic E-state index is 0.173. The molecule has 0 spiro atoms. The molecule has 1 heterocycles. The summed E-state index contributed by atoms with van der Waals surface area (Å²) in [7, 11) is 0. The first-order chi connectivity index (χ1) is 11.7. The number of carbonyl (C=O) groups is 3. The third-order valence-corrected chi connectivity index (χ3v) is 4.18. The van der Waals surface area contributed by atoms with Crippen molar-refractivity contribution >= 4 is 34.9 Å². The van der Waals surface area contributed by atoms with Crippen LogP contribution in [0.2, 0.25) is 0 Å². The van der Waals surface area contributed by atoms with E-state index in [0.717, 1.165) is 0 Å². The second-order valence-electron chi connectivity index (χ2n) is 6.37. The molecule has 2 rings (SSSR count). The van der Waals surface area contributed by atoms with E-state index in [1.807, 2.05) is 6.92 Å². The maximum Gasteiger partial charge on any atom is 0.328 e. The summed E-state index contributed by atoms with van der Waals surface area (Å²) >= 11 is 5.61. The quantitative estimate of drug-likeness (QED) is 0.439. The third-order valence-electron chi connectivity index (χ3n) is 3.94. The first-order valence-electron chi connectivity index (χ1n) is 8.15. The molecule has 0 N–H and O–H groups in total. The lowest BCUT2D eigenvalue weighted by Gasteiger charge is -2.40. The predicted octanol–water partition coefficient (Wildman–Crippen LogP) is 2.95. The standard InChI is InChI=1S/C18H22ClNO5/c1-5-8-24-16(22)11(2)20-13-9-12(14(21)10-19)6-7-15(13)25-18(3,4)17(20)23/h6-7,9,11H,5,8,10H2,1-4H3. The molecule has 0 radical (unpaired) electrons. The van der Waals surface area contributed by atoms with Crippen molar-refractivity contribution in [2.45, 2.75) is 45.8 Å². The molecule has 136 valence electrons. The van der Waals surface area contributed by atoms with Crippen molar-refractivity contribution < 1.29 is 23.9 Å². The van der Waals surface area contributed by atoms with E-state index in [2.05, 4.69) is 0 Å². The number of carbonyl (C=O) groups excluding carboxylic acids is 3. The molecular weight excluding hydrogens is 346 g/mol. The van der Waals surface area contributed by atoms with E-state index in [9.17, 15) is 14.4 Å². The largest absolute Gasteiger partial charge is 0.476 e. The van der Waals surface area contributed by atoms with E-state index < -0.39 is 17.6 Å². The fourth-order valence-electron chi connectivity index (χ4n) is 2.57. The van der Waals surface area contributed by atoms with Gasteiger partial charge in [-0.1, -0.05) is 6.92 Å². The number of hydrogen-bond acceptors (Lipinski definition) is 5. The lowest BCUT2D eigenvalue weighted by atomic mass is 10.00. The second-order valence-corrected chi connectivity index (χ2v) is 6.64. The smallest absolute Gasteiger partial charge is 0.328 e. The van der Waals surface area contributed by atoms with Crippen LogP contribution in [0.1, 0.15) is 44.5 Å². The molecule has 1 aromatic rings. The van der Waals surface area contributed by atoms with E-state index in [1.54, 1.807) is 32.9 Å². The highest BCUT2D eigenvalue weighted by Crippen LogP contribution is 2.39. The minimum atomic E-state index is -1.13. The second kappa shape index (κ2) is 7.44. The van der Waals surface area contributed by atoms with E-state index in [1.165, 1.54) is 11.0 Å². The summed E-state index contributed by atoms with van der Waals surface area (Å²) in [5, 5.41) is 0. The molecule has 0 aliphatic carbocycles. The summed E-state index contributed by atoms with van der Waals surface area (Å²) < 4.78 is 10.9. The summed E-state index contributed by atoms with van der Waals surface area (Å²) in [5.74, 6) is -0.911. The molecule has 1 aliphatic rings. The van der Waals surface area contributed by atoms with Gasteiger partial charge in [-0.2, -0.15) is 0 Å². The Morgan fingerprint density at radius 1 is 1.36 bits per heavy atom. The summed E-state index contributed by atoms with van der Waals surface area (Å²) in [6.45, 7) is 7.03. The number of amides is 1. The van der Waals surface area contributed by atoms with E-state index >= 15 is 0 Å². The van der Waals surface area contributed by atoms with E-state index in [0.29, 0.717) is 23.4 Å². The SMILES string of the molecule is CCCOC(=O)C(C)N1C(=O)C(C)(C)Oc2ccc(C(=O)CCl)cc21. The Balaban J connectivity index is 2.48. The molecule has 1 aliphatic heterocycles. The van der Waals surface area contributed by atoms with Crippen molar-refractivity contribution in [3.8, 4) is 5.75 Å². The van der Waals surface area contributed by atoms with Gasteiger partial charge >= 0.3 is 5.97 Å². The summed E-state index contributed by atoms with van der Waals surface area (Å²) in [5.41, 5.74) is -0.421. The summed E-state index contributed by atoms with van der Waals surface area (Å²) in [6.07, 6.45) is 0.686. The number of fused-ring (bicyclic) bond motifs is 1. The van der Waals surface area contributed by atoms with Gasteiger partial charge in [0.05, 0.1) is 18.2 Å².